The van der Waals surface area contributed by atoms with E-state index >= 15 is 0 Å². The van der Waals surface area contributed by atoms with Crippen LogP contribution in [0.3, 0.4) is 0 Å². The zero-order valence-electron chi connectivity index (χ0n) is 9.61. The molecule has 16 heavy (non-hydrogen) atoms. The Morgan fingerprint density at radius 2 is 1.94 bits per heavy atom. The molecular formula is C15H18O. The number of allylic oxidation sites excluding steroid dienone is 4. The molecule has 0 aromatic carbocycles. The third kappa shape index (κ3) is 0.996. The number of hydrogen-bond acceptors (Lipinski definition) is 1. The Kier molecular flexibility index (Phi) is 1.78. The van der Waals surface area contributed by atoms with Crippen molar-refractivity contribution in [2.24, 2.45) is 23.7 Å². The summed E-state index contributed by atoms with van der Waals surface area (Å²) in [5, 5.41) is 0. The molecule has 5 aliphatic rings. The molecule has 0 heterocycles. The highest BCUT2D eigenvalue weighted by atomic mass is 16.1. The van der Waals surface area contributed by atoms with Crippen molar-refractivity contribution in [1.29, 1.82) is 0 Å². The zero-order chi connectivity index (χ0) is 10.7. The minimum atomic E-state index is 0.309. The maximum atomic E-state index is 12.2. The Balaban J connectivity index is 1.86. The summed E-state index contributed by atoms with van der Waals surface area (Å²) in [5.41, 5.74) is 3.31. The standard InChI is InChI=1S/C15H18O/c16-14-8-13-9-4-1-2-5-11(9)15(14)12-7-3-6-10(12)13/h3,7,10,12-13,15H,1-2,4-6,8H2/t10-,12+,13-,15+/m1/s1. The monoisotopic (exact) mass is 214 g/mol. The molecule has 0 aliphatic heterocycles. The van der Waals surface area contributed by atoms with Gasteiger partial charge < -0.3 is 0 Å². The van der Waals surface area contributed by atoms with Gasteiger partial charge in [-0.2, -0.15) is 0 Å². The molecule has 1 fully saturated rings. The minimum absolute atomic E-state index is 0.309. The minimum Gasteiger partial charge on any atom is -0.299 e. The maximum absolute atomic E-state index is 12.2. The number of hydrogen-bond donors (Lipinski definition) is 0. The van der Waals surface area contributed by atoms with E-state index in [0.717, 1.165) is 12.3 Å². The van der Waals surface area contributed by atoms with Gasteiger partial charge in [0, 0.05) is 12.3 Å². The molecule has 0 saturated heterocycles. The number of fused-ring (bicyclic) bond motifs is 1. The van der Waals surface area contributed by atoms with Gasteiger partial charge in [-0.05, 0) is 49.9 Å². The van der Waals surface area contributed by atoms with E-state index in [0.29, 0.717) is 23.5 Å². The molecule has 0 radical (unpaired) electrons. The second-order valence-electron chi connectivity index (χ2n) is 5.92. The molecule has 1 heteroatoms. The lowest BCUT2D eigenvalue weighted by Gasteiger charge is -2.49. The summed E-state index contributed by atoms with van der Waals surface area (Å²) in [7, 11) is 0. The lowest BCUT2D eigenvalue weighted by Crippen LogP contribution is -2.45. The predicted molar refractivity (Wildman–Crippen MR) is 62.8 cm³/mol. The fourth-order valence-corrected chi connectivity index (χ4v) is 4.73. The van der Waals surface area contributed by atoms with Crippen LogP contribution in [-0.4, -0.2) is 5.78 Å². The summed E-state index contributed by atoms with van der Waals surface area (Å²) in [6.07, 6.45) is 12.0. The van der Waals surface area contributed by atoms with Crippen molar-refractivity contribution >= 4 is 5.78 Å². The van der Waals surface area contributed by atoms with Gasteiger partial charge in [0.15, 0.2) is 0 Å². The molecule has 5 rings (SSSR count). The van der Waals surface area contributed by atoms with Crippen molar-refractivity contribution < 1.29 is 4.79 Å². The summed E-state index contributed by atoms with van der Waals surface area (Å²) in [6.45, 7) is 0. The lowest BCUT2D eigenvalue weighted by molar-refractivity contribution is -0.128. The summed E-state index contributed by atoms with van der Waals surface area (Å²) in [4.78, 5) is 12.2. The van der Waals surface area contributed by atoms with Crippen LogP contribution in [0.4, 0.5) is 0 Å². The van der Waals surface area contributed by atoms with Crippen LogP contribution >= 0.6 is 0 Å². The van der Waals surface area contributed by atoms with Gasteiger partial charge in [-0.1, -0.05) is 23.3 Å². The molecule has 0 unspecified atom stereocenters. The Morgan fingerprint density at radius 1 is 1.12 bits per heavy atom. The second-order valence-corrected chi connectivity index (χ2v) is 5.92. The molecule has 0 aromatic heterocycles. The van der Waals surface area contributed by atoms with Crippen LogP contribution in [-0.2, 0) is 4.79 Å². The number of ketones is 1. The van der Waals surface area contributed by atoms with Crippen LogP contribution in [0.5, 0.6) is 0 Å². The predicted octanol–water partition coefficient (Wildman–Crippen LogP) is 3.27. The molecule has 1 saturated carbocycles. The van der Waals surface area contributed by atoms with E-state index in [1.54, 1.807) is 11.1 Å². The molecule has 1 nitrogen and oxygen atoms in total. The molecule has 5 aliphatic carbocycles. The molecule has 84 valence electrons. The second kappa shape index (κ2) is 3.09. The molecule has 0 aromatic rings. The van der Waals surface area contributed by atoms with Crippen molar-refractivity contribution in [3.8, 4) is 0 Å². The zero-order valence-corrected chi connectivity index (χ0v) is 9.61. The van der Waals surface area contributed by atoms with Crippen molar-refractivity contribution in [2.75, 3.05) is 0 Å². The fraction of sp³-hybridized carbons (Fsp3) is 0.667. The normalized spacial score (nSPS) is 44.9. The van der Waals surface area contributed by atoms with E-state index < -0.39 is 0 Å². The summed E-state index contributed by atoms with van der Waals surface area (Å²) in [5.74, 6) is 2.87. The Morgan fingerprint density at radius 3 is 2.81 bits per heavy atom. The molecule has 4 atom stereocenters. The molecule has 0 amide bonds. The van der Waals surface area contributed by atoms with Crippen molar-refractivity contribution in [1.82, 2.24) is 0 Å². The summed E-state index contributed by atoms with van der Waals surface area (Å²) >= 11 is 0. The lowest BCUT2D eigenvalue weighted by atomic mass is 9.54. The van der Waals surface area contributed by atoms with Gasteiger partial charge in [0.2, 0.25) is 0 Å². The van der Waals surface area contributed by atoms with E-state index in [9.17, 15) is 4.79 Å². The third-order valence-electron chi connectivity index (χ3n) is 5.31. The number of carbonyl (C=O) groups is 1. The summed E-state index contributed by atoms with van der Waals surface area (Å²) < 4.78 is 0. The first kappa shape index (κ1) is 9.21. The highest BCUT2D eigenvalue weighted by Crippen LogP contribution is 2.57. The van der Waals surface area contributed by atoms with Crippen molar-refractivity contribution in [3.63, 3.8) is 0 Å². The van der Waals surface area contributed by atoms with E-state index in [1.807, 2.05) is 0 Å². The van der Waals surface area contributed by atoms with Crippen LogP contribution in [0.1, 0.15) is 38.5 Å². The molecule has 0 spiro atoms. The SMILES string of the molecule is O=C1C[C@@H]2C3=C(CCCC3)[C@H]1[C@H]1C=CC[C@H]12. The first-order valence-corrected chi connectivity index (χ1v) is 6.77. The summed E-state index contributed by atoms with van der Waals surface area (Å²) in [6, 6.07) is 0. The van der Waals surface area contributed by atoms with Gasteiger partial charge in [-0.25, -0.2) is 0 Å². The number of carbonyl (C=O) groups excluding carboxylic acids is 1. The van der Waals surface area contributed by atoms with Gasteiger partial charge in [0.05, 0.1) is 0 Å². The van der Waals surface area contributed by atoms with Gasteiger partial charge in [-0.3, -0.25) is 4.79 Å². The van der Waals surface area contributed by atoms with Crippen LogP contribution in [0.2, 0.25) is 0 Å². The van der Waals surface area contributed by atoms with Gasteiger partial charge >= 0.3 is 0 Å². The Labute approximate surface area is 96.6 Å². The Bertz CT molecular complexity index is 415. The fourth-order valence-electron chi connectivity index (χ4n) is 4.73. The van der Waals surface area contributed by atoms with E-state index in [4.69, 9.17) is 0 Å². The molecular weight excluding hydrogens is 196 g/mol. The molecule has 2 bridgehead atoms. The van der Waals surface area contributed by atoms with Crippen LogP contribution in [0.15, 0.2) is 23.3 Å². The highest BCUT2D eigenvalue weighted by Gasteiger charge is 2.51. The average Bonchev–Trinajstić information content (AvgIpc) is 2.78. The van der Waals surface area contributed by atoms with Crippen molar-refractivity contribution in [3.05, 3.63) is 23.3 Å². The number of Topliss-reactive ketones (excluding diaryl/α,β-unsaturated/α-hetero) is 1. The van der Waals surface area contributed by atoms with Gasteiger partial charge in [0.25, 0.3) is 0 Å². The first-order chi connectivity index (χ1) is 7.86. The molecule has 0 N–H and O–H groups in total. The third-order valence-corrected chi connectivity index (χ3v) is 5.31. The largest absolute Gasteiger partial charge is 0.299 e. The number of rotatable bonds is 0. The van der Waals surface area contributed by atoms with E-state index in [-0.39, 0.29) is 0 Å². The van der Waals surface area contributed by atoms with E-state index in [2.05, 4.69) is 12.2 Å². The first-order valence-electron chi connectivity index (χ1n) is 6.77. The topological polar surface area (TPSA) is 17.1 Å². The van der Waals surface area contributed by atoms with Crippen LogP contribution in [0.25, 0.3) is 0 Å². The van der Waals surface area contributed by atoms with Gasteiger partial charge in [-0.15, -0.1) is 0 Å². The van der Waals surface area contributed by atoms with E-state index in [1.165, 1.54) is 32.1 Å². The highest BCUT2D eigenvalue weighted by molar-refractivity contribution is 5.88. The Hall–Kier alpha value is -0.850. The smallest absolute Gasteiger partial charge is 0.141 e. The average molecular weight is 214 g/mol. The maximum Gasteiger partial charge on any atom is 0.141 e. The quantitative estimate of drug-likeness (QED) is 0.566. The van der Waals surface area contributed by atoms with Crippen LogP contribution < -0.4 is 0 Å². The van der Waals surface area contributed by atoms with Crippen LogP contribution in [0, 0.1) is 23.7 Å². The van der Waals surface area contributed by atoms with Gasteiger partial charge in [0.1, 0.15) is 5.78 Å². The van der Waals surface area contributed by atoms with Crippen molar-refractivity contribution in [2.45, 2.75) is 38.5 Å².